The molecule has 0 aliphatic carbocycles. The van der Waals surface area contributed by atoms with Gasteiger partial charge in [-0.2, -0.15) is 0 Å². The molecule has 0 rings (SSSR count). The van der Waals surface area contributed by atoms with Gasteiger partial charge < -0.3 is 60.3 Å². The molecule has 0 saturated carbocycles. The summed E-state index contributed by atoms with van der Waals surface area (Å²) in [5.74, 6) is -6.01. The van der Waals surface area contributed by atoms with Crippen LogP contribution < -0.4 is 15.3 Å². The molecule has 0 bridgehead atoms. The Kier molecular flexibility index (Phi) is 27.9. The van der Waals surface area contributed by atoms with Crippen molar-refractivity contribution in [2.24, 2.45) is 5.41 Å². The van der Waals surface area contributed by atoms with Crippen LogP contribution in [0.2, 0.25) is 0 Å². The molecule has 0 aliphatic heterocycles. The lowest BCUT2D eigenvalue weighted by Gasteiger charge is -2.24. The average Bonchev–Trinajstić information content (AvgIpc) is 2.71. The van der Waals surface area contributed by atoms with Crippen LogP contribution in [0.1, 0.15) is 47.5 Å². The molecule has 0 saturated heterocycles. The van der Waals surface area contributed by atoms with Crippen LogP contribution in [0.25, 0.3) is 0 Å². The fourth-order valence-corrected chi connectivity index (χ4v) is 0.485. The number of carbonyl (C=O) groups excluding carboxylic acids is 3. The molecule has 0 aromatic heterocycles. The van der Waals surface area contributed by atoms with Crippen molar-refractivity contribution >= 4 is 17.9 Å². The molecule has 0 unspecified atom stereocenters. The highest BCUT2D eigenvalue weighted by Gasteiger charge is 2.24. The zero-order chi connectivity index (χ0) is 28.0. The van der Waals surface area contributed by atoms with Crippen LogP contribution in [0, 0.1) is 5.41 Å². The van der Waals surface area contributed by atoms with Crippen molar-refractivity contribution < 1.29 is 60.3 Å². The van der Waals surface area contributed by atoms with E-state index in [1.165, 1.54) is 27.7 Å². The molecular weight excluding hydrogens is 444 g/mol. The minimum atomic E-state index is -2.46. The van der Waals surface area contributed by atoms with E-state index in [0.717, 1.165) is 0 Å². The Bertz CT molecular complexity index is 488. The van der Waals surface area contributed by atoms with Gasteiger partial charge in [0.05, 0.1) is 37.7 Å². The van der Waals surface area contributed by atoms with Crippen molar-refractivity contribution in [2.45, 2.75) is 53.4 Å². The topological polar surface area (TPSA) is 242 Å². The van der Waals surface area contributed by atoms with Crippen LogP contribution in [-0.4, -0.2) is 74.3 Å². The highest BCUT2D eigenvalue weighted by atomic mass is 16.7. The van der Waals surface area contributed by atoms with E-state index in [4.69, 9.17) is 30.6 Å². The van der Waals surface area contributed by atoms with Crippen molar-refractivity contribution in [3.8, 4) is 0 Å². The molecule has 33 heavy (non-hydrogen) atoms. The van der Waals surface area contributed by atoms with Gasteiger partial charge in [0.25, 0.3) is 5.97 Å². The molecule has 0 atom stereocenters. The van der Waals surface area contributed by atoms with Gasteiger partial charge in [-0.25, -0.2) is 0 Å². The number of aliphatic hydroxyl groups is 6. The van der Waals surface area contributed by atoms with Gasteiger partial charge in [0, 0.05) is 11.8 Å². The lowest BCUT2D eigenvalue weighted by molar-refractivity contribution is -0.312. The van der Waals surface area contributed by atoms with E-state index < -0.39 is 29.3 Å². The van der Waals surface area contributed by atoms with Gasteiger partial charge in [-0.15, -0.1) is 0 Å². The first-order valence-corrected chi connectivity index (χ1v) is 9.34. The molecule has 0 aromatic rings. The minimum absolute atomic E-state index is 0.0625. The number of hydrogen-bond donors (Lipinski definition) is 6. The maximum Gasteiger partial charge on any atom is 0.274 e. The van der Waals surface area contributed by atoms with Gasteiger partial charge in [-0.3, -0.25) is 0 Å². The second-order valence-corrected chi connectivity index (χ2v) is 6.66. The Labute approximate surface area is 194 Å². The summed E-state index contributed by atoms with van der Waals surface area (Å²) in [7, 11) is 0. The molecule has 0 heterocycles. The van der Waals surface area contributed by atoms with Gasteiger partial charge in [-0.1, -0.05) is 33.6 Å². The smallest absolute Gasteiger partial charge is 0.274 e. The SMILES string of the molecule is C=C(C)C(=O)[O-].C=C(C)C(=O)[O-].C=C(C)C(=O)[O-].CCC(CO)(CO)CO.CCC(O)(O)O. The van der Waals surface area contributed by atoms with E-state index in [-0.39, 0.29) is 43.0 Å². The fraction of sp³-hybridized carbons (Fsp3) is 0.571. The summed E-state index contributed by atoms with van der Waals surface area (Å²) in [5, 5.41) is 78.2. The van der Waals surface area contributed by atoms with Gasteiger partial charge >= 0.3 is 0 Å². The van der Waals surface area contributed by atoms with Crippen LogP contribution in [-0.2, 0) is 14.4 Å². The lowest BCUT2D eigenvalue weighted by atomic mass is 9.88. The summed E-state index contributed by atoms with van der Waals surface area (Å²) >= 11 is 0. The molecular formula is C21H37O12-3. The third-order valence-corrected chi connectivity index (χ3v) is 3.28. The van der Waals surface area contributed by atoms with Gasteiger partial charge in [0.2, 0.25) is 0 Å². The standard InChI is InChI=1S/C6H14O3.3C4H6O2.C3H8O3/c1-2-6(3-7,4-8)5-9;3*1-3(2)4(5)6;1-2-3(4,5)6/h7-9H,2-5H2,1H3;3*1H2,2H3,(H,5,6);4-6H,2H2,1H3/p-3. The number of carboxylic acids is 3. The first-order valence-electron chi connectivity index (χ1n) is 9.34. The minimum Gasteiger partial charge on any atom is -0.545 e. The second kappa shape index (κ2) is 22.6. The van der Waals surface area contributed by atoms with E-state index >= 15 is 0 Å². The van der Waals surface area contributed by atoms with Crippen LogP contribution in [0.5, 0.6) is 0 Å². The Morgan fingerprint density at radius 1 is 0.636 bits per heavy atom. The zero-order valence-corrected chi connectivity index (χ0v) is 19.8. The maximum atomic E-state index is 9.49. The predicted molar refractivity (Wildman–Crippen MR) is 113 cm³/mol. The third-order valence-electron chi connectivity index (χ3n) is 3.28. The molecule has 12 heteroatoms. The predicted octanol–water partition coefficient (Wildman–Crippen LogP) is -3.68. The van der Waals surface area contributed by atoms with E-state index in [0.29, 0.717) is 6.42 Å². The Hall–Kier alpha value is -2.61. The van der Waals surface area contributed by atoms with E-state index in [2.05, 4.69) is 19.7 Å². The molecule has 0 spiro atoms. The molecule has 196 valence electrons. The quantitative estimate of drug-likeness (QED) is 0.145. The highest BCUT2D eigenvalue weighted by Crippen LogP contribution is 2.18. The van der Waals surface area contributed by atoms with Crippen LogP contribution >= 0.6 is 0 Å². The van der Waals surface area contributed by atoms with E-state index in [1.54, 1.807) is 0 Å². The summed E-state index contributed by atoms with van der Waals surface area (Å²) in [6.45, 7) is 16.2. The van der Waals surface area contributed by atoms with Crippen LogP contribution in [0.4, 0.5) is 0 Å². The fourth-order valence-electron chi connectivity index (χ4n) is 0.485. The van der Waals surface area contributed by atoms with Gasteiger partial charge in [-0.05, 0) is 43.9 Å². The Balaban J connectivity index is -0.000000100. The molecule has 0 aromatic carbocycles. The first kappa shape index (κ1) is 40.7. The van der Waals surface area contributed by atoms with E-state index in [9.17, 15) is 29.7 Å². The summed E-state index contributed by atoms with van der Waals surface area (Å²) in [4.78, 5) is 28.5. The molecule has 0 radical (unpaired) electrons. The van der Waals surface area contributed by atoms with Gasteiger partial charge in [0.1, 0.15) is 0 Å². The van der Waals surface area contributed by atoms with Crippen LogP contribution in [0.15, 0.2) is 36.5 Å². The summed E-state index contributed by atoms with van der Waals surface area (Å²) in [5.41, 5.74) is -0.472. The number of rotatable bonds is 8. The summed E-state index contributed by atoms with van der Waals surface area (Å²) in [6, 6.07) is 0. The van der Waals surface area contributed by atoms with Crippen molar-refractivity contribution in [3.05, 3.63) is 36.5 Å². The number of carboxylic acid groups (broad SMARTS) is 3. The monoisotopic (exact) mass is 481 g/mol. The Morgan fingerprint density at radius 3 is 0.788 bits per heavy atom. The molecule has 6 N–H and O–H groups in total. The molecule has 0 fully saturated rings. The zero-order valence-electron chi connectivity index (χ0n) is 19.8. The molecule has 0 aliphatic rings. The highest BCUT2D eigenvalue weighted by molar-refractivity contribution is 5.83. The van der Waals surface area contributed by atoms with Crippen molar-refractivity contribution in [2.75, 3.05) is 19.8 Å². The van der Waals surface area contributed by atoms with Gasteiger partial charge in [0.15, 0.2) is 0 Å². The summed E-state index contributed by atoms with van der Waals surface area (Å²) in [6.07, 6.45) is 0.531. The number of hydrogen-bond acceptors (Lipinski definition) is 12. The van der Waals surface area contributed by atoms with Crippen LogP contribution in [0.3, 0.4) is 0 Å². The normalized spacial score (nSPS) is 9.55. The Morgan fingerprint density at radius 2 is 0.788 bits per heavy atom. The number of aliphatic carboxylic acids is 3. The molecule has 12 nitrogen and oxygen atoms in total. The number of carbonyl (C=O) groups is 3. The average molecular weight is 482 g/mol. The third kappa shape index (κ3) is 37.1. The van der Waals surface area contributed by atoms with Crippen molar-refractivity contribution in [1.29, 1.82) is 0 Å². The van der Waals surface area contributed by atoms with Crippen molar-refractivity contribution in [1.82, 2.24) is 0 Å². The molecule has 0 amide bonds. The lowest BCUT2D eigenvalue weighted by Crippen LogP contribution is -2.32. The first-order chi connectivity index (χ1) is 14.7. The largest absolute Gasteiger partial charge is 0.545 e. The summed E-state index contributed by atoms with van der Waals surface area (Å²) < 4.78 is 0. The maximum absolute atomic E-state index is 9.49. The van der Waals surface area contributed by atoms with Crippen molar-refractivity contribution in [3.63, 3.8) is 0 Å². The second-order valence-electron chi connectivity index (χ2n) is 6.66. The number of aliphatic hydroxyl groups excluding tert-OH is 3. The van der Waals surface area contributed by atoms with E-state index in [1.807, 2.05) is 6.92 Å².